The number of nitrogens with zero attached hydrogens (tertiary/aromatic N) is 4. The van der Waals surface area contributed by atoms with Crippen LogP contribution in [0.4, 0.5) is 0 Å². The lowest BCUT2D eigenvalue weighted by Gasteiger charge is -2.35. The molecule has 1 fully saturated rings. The topological polar surface area (TPSA) is 107 Å². The third-order valence-electron chi connectivity index (χ3n) is 4.86. The Bertz CT molecular complexity index is 1050. The van der Waals surface area contributed by atoms with Gasteiger partial charge in [-0.3, -0.25) is 0 Å². The summed E-state index contributed by atoms with van der Waals surface area (Å²) in [7, 11) is 0. The zero-order chi connectivity index (χ0) is 18.9. The van der Waals surface area contributed by atoms with Gasteiger partial charge in [-0.05, 0) is 29.5 Å². The standard InChI is InChI=1S/C20H16N4O4/c25-19-7-17(28-24-19)16-8-23-20(10-22-16)27-15-5-14(6-15)12-1-3-13(4-2-12)18-9-21-11-26-18/h1-4,7-11,14-15H,5-6H2,(H,24,25)/t14-,15+. The van der Waals surface area contributed by atoms with Crippen LogP contribution in [-0.2, 0) is 0 Å². The molecule has 8 nitrogen and oxygen atoms in total. The summed E-state index contributed by atoms with van der Waals surface area (Å²) < 4.78 is 16.1. The van der Waals surface area contributed by atoms with Crippen molar-refractivity contribution in [1.82, 2.24) is 20.1 Å². The van der Waals surface area contributed by atoms with Gasteiger partial charge in [-0.2, -0.15) is 0 Å². The second-order valence-electron chi connectivity index (χ2n) is 6.69. The van der Waals surface area contributed by atoms with Crippen LogP contribution in [0.15, 0.2) is 64.3 Å². The van der Waals surface area contributed by atoms with E-state index in [0.29, 0.717) is 23.3 Å². The van der Waals surface area contributed by atoms with Crippen molar-refractivity contribution < 1.29 is 18.8 Å². The fraction of sp³-hybridized carbons (Fsp3) is 0.200. The first-order chi connectivity index (χ1) is 13.7. The fourth-order valence-electron chi connectivity index (χ4n) is 3.27. The van der Waals surface area contributed by atoms with E-state index in [1.807, 2.05) is 0 Å². The van der Waals surface area contributed by atoms with E-state index in [-0.39, 0.29) is 12.0 Å². The lowest BCUT2D eigenvalue weighted by atomic mass is 9.77. The number of hydrogen-bond acceptors (Lipinski definition) is 8. The molecular formula is C20H16N4O4. The Labute approximate surface area is 159 Å². The smallest absolute Gasteiger partial charge is 0.252 e. The van der Waals surface area contributed by atoms with Gasteiger partial charge in [-0.25, -0.2) is 15.0 Å². The van der Waals surface area contributed by atoms with Crippen LogP contribution < -0.4 is 4.74 Å². The van der Waals surface area contributed by atoms with Gasteiger partial charge in [0.25, 0.3) is 5.88 Å². The molecule has 0 amide bonds. The summed E-state index contributed by atoms with van der Waals surface area (Å²) in [5.74, 6) is 1.87. The van der Waals surface area contributed by atoms with Crippen molar-refractivity contribution in [3.8, 4) is 34.5 Å². The van der Waals surface area contributed by atoms with Gasteiger partial charge in [-0.15, -0.1) is 0 Å². The molecule has 8 heteroatoms. The van der Waals surface area contributed by atoms with Gasteiger partial charge in [0.2, 0.25) is 5.88 Å². The van der Waals surface area contributed by atoms with Crippen molar-refractivity contribution in [2.75, 3.05) is 0 Å². The number of rotatable bonds is 5. The molecule has 1 N–H and O–H groups in total. The highest BCUT2D eigenvalue weighted by atomic mass is 16.5. The second kappa shape index (κ2) is 6.80. The van der Waals surface area contributed by atoms with Crippen LogP contribution in [0, 0.1) is 0 Å². The molecular weight excluding hydrogens is 360 g/mol. The van der Waals surface area contributed by atoms with Crippen LogP contribution in [0.25, 0.3) is 22.8 Å². The van der Waals surface area contributed by atoms with E-state index in [1.54, 1.807) is 12.4 Å². The molecule has 0 radical (unpaired) electrons. The van der Waals surface area contributed by atoms with Crippen molar-refractivity contribution in [1.29, 1.82) is 0 Å². The molecule has 1 aliphatic carbocycles. The van der Waals surface area contributed by atoms with Gasteiger partial charge in [0, 0.05) is 5.56 Å². The fourth-order valence-corrected chi connectivity index (χ4v) is 3.27. The molecule has 0 spiro atoms. The minimum atomic E-state index is -0.188. The first kappa shape index (κ1) is 16.5. The molecule has 28 heavy (non-hydrogen) atoms. The van der Waals surface area contributed by atoms with Crippen molar-refractivity contribution >= 4 is 0 Å². The number of aromatic nitrogens is 4. The van der Waals surface area contributed by atoms with E-state index in [1.165, 1.54) is 24.2 Å². The molecule has 3 aromatic heterocycles. The van der Waals surface area contributed by atoms with E-state index in [2.05, 4.69) is 44.4 Å². The Morgan fingerprint density at radius 3 is 2.50 bits per heavy atom. The average molecular weight is 376 g/mol. The SMILES string of the molecule is Oc1cc(-c2cnc(O[C@H]3C[C@@H](c4ccc(-c5cnco5)cc4)C3)cn2)on1. The average Bonchev–Trinajstić information content (AvgIpc) is 3.37. The normalized spacial score (nSPS) is 18.6. The Morgan fingerprint density at radius 1 is 1.00 bits per heavy atom. The van der Waals surface area contributed by atoms with Gasteiger partial charge < -0.3 is 18.8 Å². The maximum Gasteiger partial charge on any atom is 0.252 e. The summed E-state index contributed by atoms with van der Waals surface area (Å²) in [6, 6.07) is 9.74. The third-order valence-corrected chi connectivity index (χ3v) is 4.86. The maximum absolute atomic E-state index is 9.22. The minimum Gasteiger partial charge on any atom is -0.491 e. The Hall–Kier alpha value is -3.68. The highest BCUT2D eigenvalue weighted by Crippen LogP contribution is 2.39. The molecule has 0 aliphatic heterocycles. The monoisotopic (exact) mass is 376 g/mol. The Kier molecular flexibility index (Phi) is 4.01. The van der Waals surface area contributed by atoms with E-state index in [0.717, 1.165) is 24.2 Å². The lowest BCUT2D eigenvalue weighted by Crippen LogP contribution is -2.32. The predicted molar refractivity (Wildman–Crippen MR) is 97.5 cm³/mol. The third kappa shape index (κ3) is 3.20. The van der Waals surface area contributed by atoms with Crippen LogP contribution in [0.1, 0.15) is 24.3 Å². The molecule has 1 saturated carbocycles. The van der Waals surface area contributed by atoms with Crippen LogP contribution in [0.2, 0.25) is 0 Å². The van der Waals surface area contributed by atoms with Gasteiger partial charge in [0.15, 0.2) is 17.9 Å². The lowest BCUT2D eigenvalue weighted by molar-refractivity contribution is 0.0931. The number of benzene rings is 1. The van der Waals surface area contributed by atoms with Crippen molar-refractivity contribution in [3.63, 3.8) is 0 Å². The number of ether oxygens (including phenoxy) is 1. The summed E-state index contributed by atoms with van der Waals surface area (Å²) >= 11 is 0. The summed E-state index contributed by atoms with van der Waals surface area (Å²) in [5.41, 5.74) is 2.79. The number of hydrogen-bond donors (Lipinski definition) is 1. The van der Waals surface area contributed by atoms with Gasteiger partial charge in [-0.1, -0.05) is 24.3 Å². The Morgan fingerprint density at radius 2 is 1.86 bits per heavy atom. The van der Waals surface area contributed by atoms with Gasteiger partial charge in [0.05, 0.1) is 24.7 Å². The highest BCUT2D eigenvalue weighted by Gasteiger charge is 2.32. The quantitative estimate of drug-likeness (QED) is 0.560. The molecule has 5 rings (SSSR count). The second-order valence-corrected chi connectivity index (χ2v) is 6.69. The molecule has 0 saturated heterocycles. The van der Waals surface area contributed by atoms with Crippen molar-refractivity contribution in [3.05, 3.63) is 60.9 Å². The molecule has 0 atom stereocenters. The highest BCUT2D eigenvalue weighted by molar-refractivity contribution is 5.56. The number of oxazole rings is 1. The van der Waals surface area contributed by atoms with E-state index in [4.69, 9.17) is 13.7 Å². The first-order valence-electron chi connectivity index (χ1n) is 8.88. The maximum atomic E-state index is 9.22. The summed E-state index contributed by atoms with van der Waals surface area (Å²) in [4.78, 5) is 12.4. The van der Waals surface area contributed by atoms with Crippen LogP contribution in [0.3, 0.4) is 0 Å². The Balaban J connectivity index is 1.17. The molecule has 1 aliphatic rings. The van der Waals surface area contributed by atoms with Gasteiger partial charge >= 0.3 is 0 Å². The molecule has 3 heterocycles. The van der Waals surface area contributed by atoms with Crippen molar-refractivity contribution in [2.45, 2.75) is 24.9 Å². The van der Waals surface area contributed by atoms with E-state index in [9.17, 15) is 5.11 Å². The zero-order valence-electron chi connectivity index (χ0n) is 14.7. The summed E-state index contributed by atoms with van der Waals surface area (Å²) in [6.45, 7) is 0. The molecule has 4 aromatic rings. The van der Waals surface area contributed by atoms with Crippen LogP contribution in [-0.4, -0.2) is 31.3 Å². The molecule has 0 bridgehead atoms. The molecule has 1 aromatic carbocycles. The number of aromatic hydroxyl groups is 1. The van der Waals surface area contributed by atoms with E-state index < -0.39 is 0 Å². The van der Waals surface area contributed by atoms with Crippen molar-refractivity contribution in [2.24, 2.45) is 0 Å². The minimum absolute atomic E-state index is 0.119. The van der Waals surface area contributed by atoms with Crippen LogP contribution in [0.5, 0.6) is 11.8 Å². The van der Waals surface area contributed by atoms with Gasteiger partial charge in [0.1, 0.15) is 11.8 Å². The predicted octanol–water partition coefficient (Wildman–Crippen LogP) is 3.82. The molecule has 0 unspecified atom stereocenters. The first-order valence-corrected chi connectivity index (χ1v) is 8.88. The summed E-state index contributed by atoms with van der Waals surface area (Å²) in [6.07, 6.45) is 8.21. The summed E-state index contributed by atoms with van der Waals surface area (Å²) in [5, 5.41) is 12.6. The van der Waals surface area contributed by atoms with E-state index >= 15 is 0 Å². The zero-order valence-corrected chi connectivity index (χ0v) is 14.7. The largest absolute Gasteiger partial charge is 0.491 e. The van der Waals surface area contributed by atoms with Crippen LogP contribution >= 0.6 is 0 Å². The molecule has 140 valence electrons.